The van der Waals surface area contributed by atoms with Crippen LogP contribution >= 0.6 is 15.9 Å². The number of aromatic nitrogens is 2. The first kappa shape index (κ1) is 13.2. The van der Waals surface area contributed by atoms with Crippen LogP contribution in [-0.2, 0) is 13.0 Å². The molecule has 1 aromatic carbocycles. The van der Waals surface area contributed by atoms with E-state index in [1.165, 1.54) is 42.3 Å². The molecule has 1 fully saturated rings. The van der Waals surface area contributed by atoms with Crippen LogP contribution in [0.25, 0.3) is 10.9 Å². The van der Waals surface area contributed by atoms with E-state index in [2.05, 4.69) is 51.8 Å². The number of para-hydroxylation sites is 1. The number of alkyl halides is 1. The van der Waals surface area contributed by atoms with E-state index in [4.69, 9.17) is 5.10 Å². The van der Waals surface area contributed by atoms with E-state index in [1.807, 2.05) is 0 Å². The molecule has 1 aromatic heterocycles. The van der Waals surface area contributed by atoms with Gasteiger partial charge in [-0.3, -0.25) is 4.68 Å². The summed E-state index contributed by atoms with van der Waals surface area (Å²) in [5.74, 6) is 0.748. The summed E-state index contributed by atoms with van der Waals surface area (Å²) >= 11 is 3.87. The van der Waals surface area contributed by atoms with Gasteiger partial charge in [0.2, 0.25) is 0 Å². The van der Waals surface area contributed by atoms with Crippen LogP contribution in [-0.4, -0.2) is 14.6 Å². The highest BCUT2D eigenvalue weighted by Gasteiger charge is 2.24. The van der Waals surface area contributed by atoms with Crippen molar-refractivity contribution in [3.05, 3.63) is 30.0 Å². The zero-order chi connectivity index (χ0) is 13.2. The fourth-order valence-corrected chi connectivity index (χ4v) is 4.00. The van der Waals surface area contributed by atoms with Crippen molar-refractivity contribution in [3.8, 4) is 0 Å². The topological polar surface area (TPSA) is 17.8 Å². The Labute approximate surface area is 123 Å². The molecule has 2 nitrogen and oxygen atoms in total. The first-order chi connectivity index (χ1) is 9.29. The summed E-state index contributed by atoms with van der Waals surface area (Å²) in [6.07, 6.45) is 6.51. The number of aryl methyl sites for hydroxylation is 1. The van der Waals surface area contributed by atoms with Gasteiger partial charge in [-0.25, -0.2) is 0 Å². The lowest BCUT2D eigenvalue weighted by Crippen LogP contribution is -2.21. The molecular weight excluding hydrogens is 300 g/mol. The van der Waals surface area contributed by atoms with Crippen molar-refractivity contribution in [3.63, 3.8) is 0 Å². The maximum atomic E-state index is 4.83. The Morgan fingerprint density at radius 3 is 2.84 bits per heavy atom. The van der Waals surface area contributed by atoms with Gasteiger partial charge in [-0.15, -0.1) is 0 Å². The van der Waals surface area contributed by atoms with Crippen LogP contribution in [0.15, 0.2) is 24.3 Å². The Morgan fingerprint density at radius 1 is 1.26 bits per heavy atom. The lowest BCUT2D eigenvalue weighted by molar-refractivity contribution is 0.370. The van der Waals surface area contributed by atoms with Gasteiger partial charge >= 0.3 is 0 Å². The maximum Gasteiger partial charge on any atom is 0.0706 e. The molecule has 1 heterocycles. The highest BCUT2D eigenvalue weighted by molar-refractivity contribution is 9.09. The average molecular weight is 321 g/mol. The Kier molecular flexibility index (Phi) is 3.92. The second-order valence-electron chi connectivity index (χ2n) is 5.54. The van der Waals surface area contributed by atoms with E-state index in [-0.39, 0.29) is 0 Å². The summed E-state index contributed by atoms with van der Waals surface area (Å²) in [5, 5.41) is 6.17. The zero-order valence-electron chi connectivity index (χ0n) is 11.5. The van der Waals surface area contributed by atoms with E-state index in [9.17, 15) is 0 Å². The van der Waals surface area contributed by atoms with Crippen molar-refractivity contribution < 1.29 is 0 Å². The second-order valence-corrected chi connectivity index (χ2v) is 6.72. The molecule has 2 unspecified atom stereocenters. The molecule has 2 aromatic rings. The summed E-state index contributed by atoms with van der Waals surface area (Å²) in [4.78, 5) is 0.673. The molecule has 19 heavy (non-hydrogen) atoms. The van der Waals surface area contributed by atoms with Crippen molar-refractivity contribution in [1.82, 2.24) is 9.78 Å². The number of fused-ring (bicyclic) bond motifs is 1. The van der Waals surface area contributed by atoms with Crippen LogP contribution in [0.5, 0.6) is 0 Å². The molecule has 0 amide bonds. The van der Waals surface area contributed by atoms with Gasteiger partial charge in [0.15, 0.2) is 0 Å². The normalized spacial score (nSPS) is 23.9. The molecule has 2 atom stereocenters. The molecule has 0 spiro atoms. The zero-order valence-corrected chi connectivity index (χ0v) is 13.1. The lowest BCUT2D eigenvalue weighted by atomic mass is 9.85. The largest absolute Gasteiger partial charge is 0.265 e. The third-order valence-corrected chi connectivity index (χ3v) is 5.51. The minimum absolute atomic E-state index is 0.673. The molecule has 1 aliphatic rings. The molecule has 1 aliphatic carbocycles. The van der Waals surface area contributed by atoms with Crippen LogP contribution in [0.3, 0.4) is 0 Å². The predicted molar refractivity (Wildman–Crippen MR) is 83.8 cm³/mol. The summed E-state index contributed by atoms with van der Waals surface area (Å²) < 4.78 is 2.14. The lowest BCUT2D eigenvalue weighted by Gasteiger charge is -2.26. The van der Waals surface area contributed by atoms with Crippen LogP contribution in [0.1, 0.15) is 38.3 Å². The van der Waals surface area contributed by atoms with Gasteiger partial charge in [-0.05, 0) is 38.2 Å². The maximum absolute atomic E-state index is 4.83. The first-order valence-corrected chi connectivity index (χ1v) is 8.29. The van der Waals surface area contributed by atoms with E-state index in [0.29, 0.717) is 4.83 Å². The summed E-state index contributed by atoms with van der Waals surface area (Å²) in [6.45, 7) is 3.11. The third kappa shape index (κ3) is 2.58. The van der Waals surface area contributed by atoms with Gasteiger partial charge in [-0.1, -0.05) is 47.0 Å². The van der Waals surface area contributed by atoms with E-state index in [0.717, 1.165) is 18.9 Å². The van der Waals surface area contributed by atoms with Crippen LogP contribution in [0, 0.1) is 5.92 Å². The predicted octanol–water partition coefficient (Wildman–Crippen LogP) is 4.55. The number of nitrogens with zero attached hydrogens (tertiary/aromatic N) is 2. The number of rotatable bonds is 3. The average Bonchev–Trinajstić information content (AvgIpc) is 2.80. The molecule has 0 aliphatic heterocycles. The summed E-state index contributed by atoms with van der Waals surface area (Å²) in [6, 6.07) is 8.63. The minimum Gasteiger partial charge on any atom is -0.265 e. The Hall–Kier alpha value is -0.830. The smallest absolute Gasteiger partial charge is 0.0706 e. The Balaban J connectivity index is 1.92. The Bertz CT molecular complexity index is 561. The van der Waals surface area contributed by atoms with Gasteiger partial charge in [0, 0.05) is 16.8 Å². The summed E-state index contributed by atoms with van der Waals surface area (Å²) in [5.41, 5.74) is 2.57. The number of hydrogen-bond donors (Lipinski definition) is 0. The molecule has 0 radical (unpaired) electrons. The second kappa shape index (κ2) is 5.66. The van der Waals surface area contributed by atoms with Crippen LogP contribution in [0.4, 0.5) is 0 Å². The fourth-order valence-electron chi connectivity index (χ4n) is 3.23. The molecule has 0 bridgehead atoms. The fraction of sp³-hybridized carbons (Fsp3) is 0.562. The number of benzene rings is 1. The molecular formula is C16H21BrN2. The molecule has 0 N–H and O–H groups in total. The molecule has 1 saturated carbocycles. The van der Waals surface area contributed by atoms with Crippen molar-refractivity contribution in [1.29, 1.82) is 0 Å². The van der Waals surface area contributed by atoms with Crippen molar-refractivity contribution in [2.24, 2.45) is 5.92 Å². The van der Waals surface area contributed by atoms with Crippen LogP contribution in [0.2, 0.25) is 0 Å². The first-order valence-electron chi connectivity index (χ1n) is 7.38. The molecule has 0 saturated heterocycles. The van der Waals surface area contributed by atoms with Crippen molar-refractivity contribution in [2.75, 3.05) is 0 Å². The van der Waals surface area contributed by atoms with E-state index >= 15 is 0 Å². The van der Waals surface area contributed by atoms with Gasteiger partial charge in [0.1, 0.15) is 0 Å². The van der Waals surface area contributed by atoms with Gasteiger partial charge in [0.25, 0.3) is 0 Å². The Morgan fingerprint density at radius 2 is 2.05 bits per heavy atom. The summed E-state index contributed by atoms with van der Waals surface area (Å²) in [7, 11) is 0. The quantitative estimate of drug-likeness (QED) is 0.758. The van der Waals surface area contributed by atoms with E-state index in [1.54, 1.807) is 0 Å². The molecule has 102 valence electrons. The van der Waals surface area contributed by atoms with Crippen LogP contribution < -0.4 is 0 Å². The van der Waals surface area contributed by atoms with Gasteiger partial charge in [0.05, 0.1) is 11.2 Å². The van der Waals surface area contributed by atoms with Gasteiger partial charge in [-0.2, -0.15) is 5.10 Å². The van der Waals surface area contributed by atoms with E-state index < -0.39 is 0 Å². The van der Waals surface area contributed by atoms with Gasteiger partial charge < -0.3 is 0 Å². The highest BCUT2D eigenvalue weighted by Crippen LogP contribution is 2.33. The minimum atomic E-state index is 0.673. The van der Waals surface area contributed by atoms with Crippen molar-refractivity contribution in [2.45, 2.75) is 50.4 Å². The molecule has 3 rings (SSSR count). The number of halogens is 1. The highest BCUT2D eigenvalue weighted by atomic mass is 79.9. The monoisotopic (exact) mass is 320 g/mol. The van der Waals surface area contributed by atoms with Crippen molar-refractivity contribution >= 4 is 26.8 Å². The SMILES string of the molecule is CCn1nc(CC2CCCCC2Br)c2ccccc21. The number of hydrogen-bond acceptors (Lipinski definition) is 1. The standard InChI is InChI=1S/C16H21BrN2/c1-2-19-16-10-6-4-8-13(16)15(18-19)11-12-7-3-5-9-14(12)17/h4,6,8,10,12,14H,2-3,5,7,9,11H2,1H3. The molecule has 3 heteroatoms. The third-order valence-electron chi connectivity index (χ3n) is 4.31.